The number of rotatable bonds is 7. The molecule has 1 unspecified atom stereocenters. The van der Waals surface area contributed by atoms with Crippen LogP contribution in [0.4, 0.5) is 0 Å². The number of aliphatic hydroxyl groups is 1. The first-order valence-electron chi connectivity index (χ1n) is 7.69. The molecule has 0 fully saturated rings. The van der Waals surface area contributed by atoms with E-state index in [2.05, 4.69) is 29.2 Å². The van der Waals surface area contributed by atoms with Crippen molar-refractivity contribution in [3.63, 3.8) is 0 Å². The van der Waals surface area contributed by atoms with Crippen LogP contribution in [-0.4, -0.2) is 32.5 Å². The van der Waals surface area contributed by atoms with Gasteiger partial charge in [0.1, 0.15) is 0 Å². The Balaban J connectivity index is 2.02. The Kier molecular flexibility index (Phi) is 5.32. The molecule has 0 spiro atoms. The molecular weight excluding hydrogens is 276 g/mol. The third kappa shape index (κ3) is 4.64. The first-order valence-corrected chi connectivity index (χ1v) is 7.69. The van der Waals surface area contributed by atoms with Crippen molar-refractivity contribution >= 4 is 0 Å². The van der Waals surface area contributed by atoms with E-state index in [0.717, 1.165) is 36.3 Å². The van der Waals surface area contributed by atoms with Crippen LogP contribution in [0.5, 0.6) is 0 Å². The average molecular weight is 302 g/mol. The molecule has 0 radical (unpaired) electrons. The number of nitrogens with one attached hydrogen (secondary N) is 1. The molecule has 5 heteroatoms. The fourth-order valence-corrected chi connectivity index (χ4v) is 2.82. The monoisotopic (exact) mass is 302 g/mol. The van der Waals surface area contributed by atoms with E-state index in [0.29, 0.717) is 0 Å². The van der Waals surface area contributed by atoms with E-state index in [1.54, 1.807) is 6.20 Å². The molecule has 120 valence electrons. The van der Waals surface area contributed by atoms with Crippen LogP contribution >= 0.6 is 0 Å². The molecule has 0 aliphatic heterocycles. The van der Waals surface area contributed by atoms with Crippen molar-refractivity contribution in [1.29, 1.82) is 0 Å². The van der Waals surface area contributed by atoms with Gasteiger partial charge in [-0.15, -0.1) is 0 Å². The zero-order chi connectivity index (χ0) is 16.2. The quantitative estimate of drug-likeness (QED) is 0.824. The number of nitrogens with zero attached hydrogens (tertiary/aromatic N) is 3. The lowest BCUT2D eigenvalue weighted by Gasteiger charge is -2.26. The van der Waals surface area contributed by atoms with Gasteiger partial charge < -0.3 is 10.4 Å². The summed E-state index contributed by atoms with van der Waals surface area (Å²) in [6, 6.07) is 3.95. The minimum atomic E-state index is -0.277. The number of aliphatic hydroxyl groups excluding tert-OH is 1. The van der Waals surface area contributed by atoms with Crippen LogP contribution in [0.3, 0.4) is 0 Å². The van der Waals surface area contributed by atoms with Gasteiger partial charge in [-0.2, -0.15) is 5.10 Å². The molecule has 1 atom stereocenters. The van der Waals surface area contributed by atoms with E-state index in [1.165, 1.54) is 0 Å². The van der Waals surface area contributed by atoms with E-state index in [1.807, 2.05) is 43.2 Å². The van der Waals surface area contributed by atoms with Crippen LogP contribution in [0.2, 0.25) is 0 Å². The average Bonchev–Trinajstić information content (AvgIpc) is 2.79. The molecule has 2 aromatic heterocycles. The highest BCUT2D eigenvalue weighted by Crippen LogP contribution is 2.23. The maximum atomic E-state index is 9.55. The Bertz CT molecular complexity index is 590. The van der Waals surface area contributed by atoms with Crippen LogP contribution in [0.15, 0.2) is 30.7 Å². The normalized spacial score (nSPS) is 13.3. The summed E-state index contributed by atoms with van der Waals surface area (Å²) in [7, 11) is 1.93. The van der Waals surface area contributed by atoms with Gasteiger partial charge in [0.15, 0.2) is 0 Å². The Morgan fingerprint density at radius 1 is 1.41 bits per heavy atom. The Hall–Kier alpha value is -1.72. The highest BCUT2D eigenvalue weighted by atomic mass is 16.3. The van der Waals surface area contributed by atoms with Gasteiger partial charge in [0.25, 0.3) is 0 Å². The molecule has 2 rings (SSSR count). The minimum absolute atomic E-state index is 0.0604. The van der Waals surface area contributed by atoms with E-state index in [4.69, 9.17) is 0 Å². The summed E-state index contributed by atoms with van der Waals surface area (Å²) in [6.45, 7) is 7.76. The van der Waals surface area contributed by atoms with Crippen molar-refractivity contribution in [3.8, 4) is 11.3 Å². The third-order valence-electron chi connectivity index (χ3n) is 3.61. The van der Waals surface area contributed by atoms with Gasteiger partial charge in [-0.3, -0.25) is 9.67 Å². The fourth-order valence-electron chi connectivity index (χ4n) is 2.82. The molecule has 2 heterocycles. The second-order valence-electron chi connectivity index (χ2n) is 6.74. The lowest BCUT2D eigenvalue weighted by Crippen LogP contribution is -2.31. The van der Waals surface area contributed by atoms with Gasteiger partial charge in [-0.05, 0) is 30.9 Å². The Morgan fingerprint density at radius 3 is 2.82 bits per heavy atom. The Morgan fingerprint density at radius 2 is 2.18 bits per heavy atom. The molecule has 0 aliphatic rings. The third-order valence-corrected chi connectivity index (χ3v) is 3.61. The lowest BCUT2D eigenvalue weighted by molar-refractivity contribution is 0.128. The Labute approximate surface area is 132 Å². The molecule has 0 aromatic carbocycles. The topological polar surface area (TPSA) is 63.0 Å². The van der Waals surface area contributed by atoms with Crippen molar-refractivity contribution in [3.05, 3.63) is 36.3 Å². The van der Waals surface area contributed by atoms with Crippen molar-refractivity contribution in [2.75, 3.05) is 6.54 Å². The molecule has 0 amide bonds. The molecule has 5 nitrogen and oxygen atoms in total. The van der Waals surface area contributed by atoms with Gasteiger partial charge in [-0.25, -0.2) is 0 Å². The first-order chi connectivity index (χ1) is 10.4. The van der Waals surface area contributed by atoms with Crippen molar-refractivity contribution in [2.24, 2.45) is 12.5 Å². The second kappa shape index (κ2) is 7.03. The van der Waals surface area contributed by atoms with Gasteiger partial charge in [-0.1, -0.05) is 13.8 Å². The highest BCUT2D eigenvalue weighted by Gasteiger charge is 2.20. The van der Waals surface area contributed by atoms with Gasteiger partial charge in [0, 0.05) is 49.9 Å². The summed E-state index contributed by atoms with van der Waals surface area (Å²) in [4.78, 5) is 4.17. The molecule has 0 saturated heterocycles. The number of pyridine rings is 1. The van der Waals surface area contributed by atoms with Gasteiger partial charge in [0.2, 0.25) is 0 Å². The number of hydrogen-bond acceptors (Lipinski definition) is 4. The molecular formula is C17H26N4O. The maximum Gasteiger partial charge on any atom is 0.0983 e. The predicted octanol–water partition coefficient (Wildman–Crippen LogP) is 2.37. The fraction of sp³-hybridized carbons (Fsp3) is 0.529. The SMILES string of the molecule is CC(O)CC(C)(C)CNCc1cn(C)nc1-c1cccnc1. The van der Waals surface area contributed by atoms with Crippen LogP contribution in [-0.2, 0) is 13.6 Å². The largest absolute Gasteiger partial charge is 0.393 e. The number of hydrogen-bond donors (Lipinski definition) is 2. The maximum absolute atomic E-state index is 9.55. The number of aromatic nitrogens is 3. The highest BCUT2D eigenvalue weighted by molar-refractivity contribution is 5.61. The van der Waals surface area contributed by atoms with Crippen LogP contribution in [0, 0.1) is 5.41 Å². The number of aryl methyl sites for hydroxylation is 1. The van der Waals surface area contributed by atoms with Crippen molar-refractivity contribution in [2.45, 2.75) is 39.8 Å². The van der Waals surface area contributed by atoms with Crippen molar-refractivity contribution < 1.29 is 5.11 Å². The minimum Gasteiger partial charge on any atom is -0.393 e. The van der Waals surface area contributed by atoms with Crippen LogP contribution in [0.1, 0.15) is 32.8 Å². The standard InChI is InChI=1S/C17H26N4O/c1-13(22)8-17(2,3)12-19-10-15-11-21(4)20-16(15)14-6-5-7-18-9-14/h5-7,9,11,13,19,22H,8,10,12H2,1-4H3. The lowest BCUT2D eigenvalue weighted by atomic mass is 9.87. The summed E-state index contributed by atoms with van der Waals surface area (Å²) in [5, 5.41) is 17.6. The summed E-state index contributed by atoms with van der Waals surface area (Å²) in [5.41, 5.74) is 3.22. The molecule has 22 heavy (non-hydrogen) atoms. The summed E-state index contributed by atoms with van der Waals surface area (Å²) in [5.74, 6) is 0. The smallest absolute Gasteiger partial charge is 0.0983 e. The summed E-state index contributed by atoms with van der Waals surface area (Å²) in [6.07, 6.45) is 6.15. The zero-order valence-corrected chi connectivity index (χ0v) is 13.9. The summed E-state index contributed by atoms with van der Waals surface area (Å²) >= 11 is 0. The predicted molar refractivity (Wildman–Crippen MR) is 88.2 cm³/mol. The van der Waals surface area contributed by atoms with Crippen LogP contribution in [0.25, 0.3) is 11.3 Å². The van der Waals surface area contributed by atoms with Crippen LogP contribution < -0.4 is 5.32 Å². The van der Waals surface area contributed by atoms with E-state index in [9.17, 15) is 5.11 Å². The van der Waals surface area contributed by atoms with Gasteiger partial charge >= 0.3 is 0 Å². The van der Waals surface area contributed by atoms with E-state index in [-0.39, 0.29) is 11.5 Å². The first kappa shape index (κ1) is 16.6. The molecule has 0 aliphatic carbocycles. The van der Waals surface area contributed by atoms with E-state index >= 15 is 0 Å². The molecule has 0 bridgehead atoms. The molecule has 2 N–H and O–H groups in total. The summed E-state index contributed by atoms with van der Waals surface area (Å²) < 4.78 is 1.83. The van der Waals surface area contributed by atoms with Gasteiger partial charge in [0.05, 0.1) is 11.8 Å². The van der Waals surface area contributed by atoms with Crippen molar-refractivity contribution in [1.82, 2.24) is 20.1 Å². The zero-order valence-electron chi connectivity index (χ0n) is 13.9. The second-order valence-corrected chi connectivity index (χ2v) is 6.74. The molecule has 0 saturated carbocycles. The molecule has 2 aromatic rings. The van der Waals surface area contributed by atoms with E-state index < -0.39 is 0 Å².